The Morgan fingerprint density at radius 2 is 2.26 bits per heavy atom. The van der Waals surface area contributed by atoms with Gasteiger partial charge in [-0.25, -0.2) is 0 Å². The Bertz CT molecular complexity index is 589. The van der Waals surface area contributed by atoms with Gasteiger partial charge in [0.2, 0.25) is 0 Å². The number of hydrogen-bond acceptors (Lipinski definition) is 3. The molecule has 0 atom stereocenters. The quantitative estimate of drug-likeness (QED) is 0.891. The second kappa shape index (κ2) is 5.01. The summed E-state index contributed by atoms with van der Waals surface area (Å²) in [6, 6.07) is 8.06. The number of hydrogen-bond donors (Lipinski definition) is 1. The number of amides is 1. The van der Waals surface area contributed by atoms with Crippen LogP contribution in [0.25, 0.3) is 10.9 Å². The number of benzene rings is 1. The fraction of sp³-hybridized carbons (Fsp3) is 0.429. The lowest BCUT2D eigenvalue weighted by atomic mass is 10.2. The molecule has 1 amide bonds. The number of carbonyl (C=O) groups excluding carboxylic acids is 1. The molecule has 0 bridgehead atoms. The van der Waals surface area contributed by atoms with Gasteiger partial charge < -0.3 is 9.64 Å². The Hall–Kier alpha value is -1.88. The van der Waals surface area contributed by atoms with E-state index in [0.717, 1.165) is 23.7 Å². The molecule has 19 heavy (non-hydrogen) atoms. The van der Waals surface area contributed by atoms with Crippen LogP contribution in [0.5, 0.6) is 0 Å². The molecule has 1 aliphatic rings. The van der Waals surface area contributed by atoms with Crippen molar-refractivity contribution in [2.45, 2.75) is 18.9 Å². The first-order valence-corrected chi connectivity index (χ1v) is 6.54. The number of carbonyl (C=O) groups is 1. The highest BCUT2D eigenvalue weighted by Crippen LogP contribution is 2.29. The number of ether oxygens (including phenoxy) is 1. The molecule has 0 saturated heterocycles. The van der Waals surface area contributed by atoms with Gasteiger partial charge in [0.25, 0.3) is 5.91 Å². The van der Waals surface area contributed by atoms with Crippen LogP contribution in [0.15, 0.2) is 24.3 Å². The molecule has 1 aromatic heterocycles. The summed E-state index contributed by atoms with van der Waals surface area (Å²) in [6.45, 7) is 1.19. The Morgan fingerprint density at radius 1 is 1.47 bits per heavy atom. The van der Waals surface area contributed by atoms with Gasteiger partial charge in [-0.1, -0.05) is 18.2 Å². The molecule has 1 aliphatic carbocycles. The summed E-state index contributed by atoms with van der Waals surface area (Å²) in [5.41, 5.74) is 1.41. The van der Waals surface area contributed by atoms with Crippen molar-refractivity contribution in [1.82, 2.24) is 15.1 Å². The van der Waals surface area contributed by atoms with Crippen LogP contribution < -0.4 is 0 Å². The zero-order valence-electron chi connectivity index (χ0n) is 10.9. The largest absolute Gasteiger partial charge is 0.383 e. The molecule has 5 nitrogen and oxygen atoms in total. The van der Waals surface area contributed by atoms with Crippen molar-refractivity contribution in [3.05, 3.63) is 30.0 Å². The highest BCUT2D eigenvalue weighted by molar-refractivity contribution is 6.04. The van der Waals surface area contributed by atoms with E-state index in [2.05, 4.69) is 10.2 Å². The third-order valence-electron chi connectivity index (χ3n) is 3.46. The van der Waals surface area contributed by atoms with Crippen molar-refractivity contribution in [2.75, 3.05) is 20.3 Å². The molecular formula is C14H17N3O2. The van der Waals surface area contributed by atoms with Crippen molar-refractivity contribution >= 4 is 16.8 Å². The summed E-state index contributed by atoms with van der Waals surface area (Å²) in [4.78, 5) is 14.5. The SMILES string of the molecule is COCCN(C(=O)c1n[nH]c2ccccc12)C1CC1. The third kappa shape index (κ3) is 2.33. The molecule has 0 unspecified atom stereocenters. The van der Waals surface area contributed by atoms with Gasteiger partial charge in [-0.2, -0.15) is 5.10 Å². The molecule has 2 aromatic rings. The molecule has 5 heteroatoms. The van der Waals surface area contributed by atoms with Gasteiger partial charge in [0, 0.05) is 25.1 Å². The molecule has 0 radical (unpaired) electrons. The van der Waals surface area contributed by atoms with Crippen LogP contribution >= 0.6 is 0 Å². The maximum Gasteiger partial charge on any atom is 0.275 e. The van der Waals surface area contributed by atoms with Crippen molar-refractivity contribution < 1.29 is 9.53 Å². The maximum atomic E-state index is 12.6. The van der Waals surface area contributed by atoms with Crippen molar-refractivity contribution in [1.29, 1.82) is 0 Å². The number of methoxy groups -OCH3 is 1. The summed E-state index contributed by atoms with van der Waals surface area (Å²) in [5.74, 6) is -0.00278. The van der Waals surface area contributed by atoms with E-state index < -0.39 is 0 Å². The molecule has 0 aliphatic heterocycles. The number of H-pyrrole nitrogens is 1. The van der Waals surface area contributed by atoms with E-state index in [1.807, 2.05) is 29.2 Å². The van der Waals surface area contributed by atoms with E-state index in [1.54, 1.807) is 7.11 Å². The van der Waals surface area contributed by atoms with Gasteiger partial charge in [-0.15, -0.1) is 0 Å². The van der Waals surface area contributed by atoms with Crippen LogP contribution in [0.2, 0.25) is 0 Å². The molecule has 100 valence electrons. The van der Waals surface area contributed by atoms with Gasteiger partial charge >= 0.3 is 0 Å². The fourth-order valence-electron chi connectivity index (χ4n) is 2.29. The lowest BCUT2D eigenvalue weighted by Gasteiger charge is -2.21. The smallest absolute Gasteiger partial charge is 0.275 e. The normalized spacial score (nSPS) is 14.8. The van der Waals surface area contributed by atoms with Crippen LogP contribution in [0.1, 0.15) is 23.3 Å². The van der Waals surface area contributed by atoms with E-state index >= 15 is 0 Å². The van der Waals surface area contributed by atoms with E-state index in [4.69, 9.17) is 4.74 Å². The minimum atomic E-state index is -0.00278. The van der Waals surface area contributed by atoms with E-state index in [1.165, 1.54) is 0 Å². The first kappa shape index (κ1) is 12.2. The summed E-state index contributed by atoms with van der Waals surface area (Å²) in [5, 5.41) is 7.97. The standard InChI is InChI=1S/C14H17N3O2/c1-19-9-8-17(10-6-7-10)14(18)13-11-4-2-3-5-12(11)15-16-13/h2-5,10H,6-9H2,1H3,(H,15,16). The number of aromatic nitrogens is 2. The van der Waals surface area contributed by atoms with Crippen LogP contribution in [-0.4, -0.2) is 47.3 Å². The zero-order chi connectivity index (χ0) is 13.2. The van der Waals surface area contributed by atoms with E-state index in [9.17, 15) is 4.79 Å². The summed E-state index contributed by atoms with van der Waals surface area (Å²) >= 11 is 0. The van der Waals surface area contributed by atoms with Gasteiger partial charge in [0.05, 0.1) is 12.1 Å². The van der Waals surface area contributed by atoms with Gasteiger partial charge in [-0.05, 0) is 18.9 Å². The average molecular weight is 259 g/mol. The van der Waals surface area contributed by atoms with E-state index in [-0.39, 0.29) is 5.91 Å². The number of rotatable bonds is 5. The average Bonchev–Trinajstić information content (AvgIpc) is 3.18. The Labute approximate surface area is 111 Å². The van der Waals surface area contributed by atoms with Crippen LogP contribution in [0.4, 0.5) is 0 Å². The first-order valence-electron chi connectivity index (χ1n) is 6.54. The zero-order valence-corrected chi connectivity index (χ0v) is 10.9. The molecule has 1 saturated carbocycles. The molecule has 0 spiro atoms. The van der Waals surface area contributed by atoms with Crippen LogP contribution in [0, 0.1) is 0 Å². The number of nitrogens with one attached hydrogen (secondary N) is 1. The van der Waals surface area contributed by atoms with Crippen molar-refractivity contribution in [2.24, 2.45) is 0 Å². The minimum absolute atomic E-state index is 0.00278. The third-order valence-corrected chi connectivity index (χ3v) is 3.46. The number of fused-ring (bicyclic) bond motifs is 1. The molecule has 1 aromatic carbocycles. The minimum Gasteiger partial charge on any atom is -0.383 e. The number of para-hydroxylation sites is 1. The summed E-state index contributed by atoms with van der Waals surface area (Å²) < 4.78 is 5.08. The van der Waals surface area contributed by atoms with Crippen molar-refractivity contribution in [3.8, 4) is 0 Å². The lowest BCUT2D eigenvalue weighted by molar-refractivity contribution is 0.0676. The second-order valence-electron chi connectivity index (χ2n) is 4.84. The van der Waals surface area contributed by atoms with Crippen LogP contribution in [0.3, 0.4) is 0 Å². The predicted molar refractivity (Wildman–Crippen MR) is 72.0 cm³/mol. The number of aromatic amines is 1. The molecule has 1 heterocycles. The molecule has 1 N–H and O–H groups in total. The van der Waals surface area contributed by atoms with E-state index in [0.29, 0.717) is 24.9 Å². The van der Waals surface area contributed by atoms with Gasteiger partial charge in [-0.3, -0.25) is 9.89 Å². The summed E-state index contributed by atoms with van der Waals surface area (Å²) in [7, 11) is 1.65. The first-order chi connectivity index (χ1) is 9.31. The maximum absolute atomic E-state index is 12.6. The van der Waals surface area contributed by atoms with Crippen LogP contribution in [-0.2, 0) is 4.74 Å². The van der Waals surface area contributed by atoms with Gasteiger partial charge in [0.15, 0.2) is 5.69 Å². The second-order valence-corrected chi connectivity index (χ2v) is 4.84. The highest BCUT2D eigenvalue weighted by Gasteiger charge is 2.34. The fourth-order valence-corrected chi connectivity index (χ4v) is 2.29. The molecule has 3 rings (SSSR count). The number of nitrogens with zero attached hydrogens (tertiary/aromatic N) is 2. The van der Waals surface area contributed by atoms with Gasteiger partial charge in [0.1, 0.15) is 0 Å². The summed E-state index contributed by atoms with van der Waals surface area (Å²) in [6.07, 6.45) is 2.16. The molecular weight excluding hydrogens is 242 g/mol. The molecule has 1 fully saturated rings. The van der Waals surface area contributed by atoms with Crippen molar-refractivity contribution in [3.63, 3.8) is 0 Å². The Morgan fingerprint density at radius 3 is 3.00 bits per heavy atom. The predicted octanol–water partition coefficient (Wildman–Crippen LogP) is 1.81. The topological polar surface area (TPSA) is 58.2 Å². The Kier molecular flexibility index (Phi) is 3.21. The lowest BCUT2D eigenvalue weighted by Crippen LogP contribution is -2.36. The monoisotopic (exact) mass is 259 g/mol. The Balaban J connectivity index is 1.88. The highest BCUT2D eigenvalue weighted by atomic mass is 16.5.